The first-order valence-corrected chi connectivity index (χ1v) is 5.97. The summed E-state index contributed by atoms with van der Waals surface area (Å²) in [5.41, 5.74) is 1.23. The maximum Gasteiger partial charge on any atom is 0.130 e. The molecule has 1 aliphatic rings. The highest BCUT2D eigenvalue weighted by atomic mass is 19.1. The van der Waals surface area contributed by atoms with E-state index in [1.165, 1.54) is 6.07 Å². The molecule has 94 valence electrons. The summed E-state index contributed by atoms with van der Waals surface area (Å²) in [4.78, 5) is 4.44. The van der Waals surface area contributed by atoms with E-state index in [9.17, 15) is 9.50 Å². The first kappa shape index (κ1) is 12.3. The van der Waals surface area contributed by atoms with Crippen LogP contribution in [0.1, 0.15) is 12.5 Å². The molecule has 1 aromatic carbocycles. The van der Waals surface area contributed by atoms with E-state index in [0.29, 0.717) is 11.6 Å². The van der Waals surface area contributed by atoms with Crippen LogP contribution in [0.5, 0.6) is 0 Å². The van der Waals surface area contributed by atoms with Crippen molar-refractivity contribution in [2.45, 2.75) is 19.6 Å². The maximum atomic E-state index is 13.6. The van der Waals surface area contributed by atoms with Gasteiger partial charge in [0.15, 0.2) is 0 Å². The number of aliphatic hydroxyl groups is 1. The second-order valence-electron chi connectivity index (χ2n) is 4.67. The zero-order chi connectivity index (χ0) is 12.4. The van der Waals surface area contributed by atoms with Gasteiger partial charge in [-0.05, 0) is 26.1 Å². The lowest BCUT2D eigenvalue weighted by atomic mass is 10.1. The first-order valence-electron chi connectivity index (χ1n) is 5.97. The van der Waals surface area contributed by atoms with E-state index in [0.717, 1.165) is 25.3 Å². The number of piperazine rings is 1. The zero-order valence-electron chi connectivity index (χ0n) is 10.4. The summed E-state index contributed by atoms with van der Waals surface area (Å²) in [5.74, 6) is -0.323. The molecule has 0 radical (unpaired) electrons. The smallest absolute Gasteiger partial charge is 0.130 e. The van der Waals surface area contributed by atoms with Crippen molar-refractivity contribution in [1.82, 2.24) is 4.90 Å². The third-order valence-corrected chi connectivity index (χ3v) is 3.55. The normalized spacial score (nSPS) is 21.9. The number of rotatable bonds is 2. The molecule has 2 rings (SSSR count). The van der Waals surface area contributed by atoms with Gasteiger partial charge in [0.25, 0.3) is 0 Å². The Balaban J connectivity index is 2.25. The Hall–Kier alpha value is -1.13. The van der Waals surface area contributed by atoms with Crippen LogP contribution in [-0.2, 0) is 6.61 Å². The van der Waals surface area contributed by atoms with Gasteiger partial charge in [0, 0.05) is 36.9 Å². The minimum Gasteiger partial charge on any atom is -0.391 e. The number of aliphatic hydroxyl groups excluding tert-OH is 1. The van der Waals surface area contributed by atoms with Gasteiger partial charge in [-0.15, -0.1) is 0 Å². The molecule has 1 saturated heterocycles. The summed E-state index contributed by atoms with van der Waals surface area (Å²) in [6.45, 7) is 4.61. The van der Waals surface area contributed by atoms with Gasteiger partial charge in [0.1, 0.15) is 5.82 Å². The molecule has 3 nitrogen and oxygen atoms in total. The Labute approximate surface area is 101 Å². The monoisotopic (exact) mass is 238 g/mol. The van der Waals surface area contributed by atoms with E-state index in [1.807, 2.05) is 6.07 Å². The molecule has 17 heavy (non-hydrogen) atoms. The van der Waals surface area contributed by atoms with Gasteiger partial charge < -0.3 is 14.9 Å². The zero-order valence-corrected chi connectivity index (χ0v) is 10.4. The van der Waals surface area contributed by atoms with Crippen LogP contribution in [0.4, 0.5) is 10.1 Å². The summed E-state index contributed by atoms with van der Waals surface area (Å²) in [6, 6.07) is 5.42. The highest BCUT2D eigenvalue weighted by Crippen LogP contribution is 2.25. The van der Waals surface area contributed by atoms with Crippen molar-refractivity contribution in [2.24, 2.45) is 0 Å². The lowest BCUT2D eigenvalue weighted by Gasteiger charge is -2.39. The van der Waals surface area contributed by atoms with Crippen molar-refractivity contribution in [1.29, 1.82) is 0 Å². The summed E-state index contributed by atoms with van der Waals surface area (Å²) in [7, 11) is 2.10. The predicted octanol–water partition coefficient (Wildman–Crippen LogP) is 1.46. The van der Waals surface area contributed by atoms with Gasteiger partial charge in [0.2, 0.25) is 0 Å². The second kappa shape index (κ2) is 5.02. The highest BCUT2D eigenvalue weighted by molar-refractivity contribution is 5.54. The van der Waals surface area contributed by atoms with E-state index in [-0.39, 0.29) is 12.4 Å². The van der Waals surface area contributed by atoms with Crippen LogP contribution < -0.4 is 4.90 Å². The molecule has 1 aliphatic heterocycles. The van der Waals surface area contributed by atoms with E-state index in [4.69, 9.17) is 0 Å². The van der Waals surface area contributed by atoms with Gasteiger partial charge in [-0.2, -0.15) is 0 Å². The van der Waals surface area contributed by atoms with Gasteiger partial charge in [-0.3, -0.25) is 0 Å². The van der Waals surface area contributed by atoms with Crippen molar-refractivity contribution < 1.29 is 9.50 Å². The molecule has 1 heterocycles. The van der Waals surface area contributed by atoms with Gasteiger partial charge >= 0.3 is 0 Å². The average Bonchev–Trinajstić information content (AvgIpc) is 2.32. The Morgan fingerprint density at radius 1 is 1.41 bits per heavy atom. The fourth-order valence-corrected chi connectivity index (χ4v) is 2.27. The first-order chi connectivity index (χ1) is 8.13. The quantitative estimate of drug-likeness (QED) is 0.845. The molecule has 4 heteroatoms. The molecule has 0 aliphatic carbocycles. The van der Waals surface area contributed by atoms with Crippen LogP contribution in [-0.4, -0.2) is 42.7 Å². The van der Waals surface area contributed by atoms with Crippen molar-refractivity contribution in [2.75, 3.05) is 31.6 Å². The van der Waals surface area contributed by atoms with E-state index in [2.05, 4.69) is 23.8 Å². The Morgan fingerprint density at radius 3 is 2.82 bits per heavy atom. The number of anilines is 1. The third kappa shape index (κ3) is 2.42. The molecular weight excluding hydrogens is 219 g/mol. The second-order valence-corrected chi connectivity index (χ2v) is 4.67. The molecule has 0 aromatic heterocycles. The fraction of sp³-hybridized carbons (Fsp3) is 0.538. The molecule has 1 N–H and O–H groups in total. The number of hydrogen-bond acceptors (Lipinski definition) is 3. The average molecular weight is 238 g/mol. The topological polar surface area (TPSA) is 26.7 Å². The number of benzene rings is 1. The van der Waals surface area contributed by atoms with E-state index in [1.54, 1.807) is 6.07 Å². The standard InChI is InChI=1S/C13H19FN2O/c1-10-8-16(7-6-15(10)2)13-5-3-4-12(14)11(13)9-17/h3-5,10,17H,6-9H2,1-2H3. The minimum absolute atomic E-state index is 0.247. The molecule has 0 spiro atoms. The summed E-state index contributed by atoms with van der Waals surface area (Å²) in [5, 5.41) is 9.27. The van der Waals surface area contributed by atoms with Crippen LogP contribution in [0.3, 0.4) is 0 Å². The third-order valence-electron chi connectivity index (χ3n) is 3.55. The molecule has 1 atom stereocenters. The molecule has 0 saturated carbocycles. The Bertz CT molecular complexity index is 397. The summed E-state index contributed by atoms with van der Waals surface area (Å²) < 4.78 is 13.6. The van der Waals surface area contributed by atoms with Gasteiger partial charge in [0.05, 0.1) is 6.61 Å². The van der Waals surface area contributed by atoms with E-state index >= 15 is 0 Å². The van der Waals surface area contributed by atoms with Crippen molar-refractivity contribution >= 4 is 5.69 Å². The summed E-state index contributed by atoms with van der Waals surface area (Å²) in [6.07, 6.45) is 0. The molecule has 1 fully saturated rings. The lowest BCUT2D eigenvalue weighted by molar-refractivity contribution is 0.232. The van der Waals surface area contributed by atoms with Crippen LogP contribution in [0.2, 0.25) is 0 Å². The number of nitrogens with zero attached hydrogens (tertiary/aromatic N) is 2. The fourth-order valence-electron chi connectivity index (χ4n) is 2.27. The predicted molar refractivity (Wildman–Crippen MR) is 66.6 cm³/mol. The van der Waals surface area contributed by atoms with Crippen LogP contribution in [0.15, 0.2) is 18.2 Å². The number of hydrogen-bond donors (Lipinski definition) is 1. The molecular formula is C13H19FN2O. The Morgan fingerprint density at radius 2 is 2.18 bits per heavy atom. The van der Waals surface area contributed by atoms with Crippen LogP contribution >= 0.6 is 0 Å². The van der Waals surface area contributed by atoms with Crippen LogP contribution in [0.25, 0.3) is 0 Å². The molecule has 0 amide bonds. The highest BCUT2D eigenvalue weighted by Gasteiger charge is 2.23. The molecule has 0 bridgehead atoms. The summed E-state index contributed by atoms with van der Waals surface area (Å²) >= 11 is 0. The Kier molecular flexibility index (Phi) is 3.64. The largest absolute Gasteiger partial charge is 0.391 e. The van der Waals surface area contributed by atoms with E-state index < -0.39 is 0 Å². The van der Waals surface area contributed by atoms with Gasteiger partial charge in [-0.1, -0.05) is 6.07 Å². The number of halogens is 1. The minimum atomic E-state index is -0.323. The SMILES string of the molecule is CC1CN(c2cccc(F)c2CO)CCN1C. The van der Waals surface area contributed by atoms with Crippen molar-refractivity contribution in [3.63, 3.8) is 0 Å². The number of likely N-dealkylation sites (N-methyl/N-ethyl adjacent to an activating group) is 1. The lowest BCUT2D eigenvalue weighted by Crippen LogP contribution is -2.50. The van der Waals surface area contributed by atoms with Crippen molar-refractivity contribution in [3.05, 3.63) is 29.6 Å². The van der Waals surface area contributed by atoms with Gasteiger partial charge in [-0.25, -0.2) is 4.39 Å². The molecule has 1 aromatic rings. The molecule has 1 unspecified atom stereocenters. The van der Waals surface area contributed by atoms with Crippen LogP contribution in [0, 0.1) is 5.82 Å². The maximum absolute atomic E-state index is 13.6. The van der Waals surface area contributed by atoms with Crippen molar-refractivity contribution in [3.8, 4) is 0 Å².